The molecular weight excluding hydrogens is 348 g/mol. The van der Waals surface area contributed by atoms with Crippen LogP contribution in [-0.4, -0.2) is 23.9 Å². The summed E-state index contributed by atoms with van der Waals surface area (Å²) in [6.45, 7) is 0. The topological polar surface area (TPSA) is 63.2 Å². The Bertz CT molecular complexity index is 958. The summed E-state index contributed by atoms with van der Waals surface area (Å²) in [7, 11) is 1.64. The first-order chi connectivity index (χ1) is 13.7. The number of nitrogens with two attached hydrogens (primary N) is 1. The average molecular weight is 372 g/mol. The van der Waals surface area contributed by atoms with Crippen LogP contribution in [0.25, 0.3) is 0 Å². The molecule has 2 unspecified atom stereocenters. The molecule has 1 fully saturated rings. The minimum atomic E-state index is -0.142. The molecule has 5 rings (SSSR count). The van der Waals surface area contributed by atoms with Crippen molar-refractivity contribution in [1.82, 2.24) is 5.01 Å². The molecule has 0 radical (unpaired) electrons. The van der Waals surface area contributed by atoms with Gasteiger partial charge in [-0.2, -0.15) is 0 Å². The number of benzene rings is 2. The summed E-state index contributed by atoms with van der Waals surface area (Å²) in [5.41, 5.74) is 9.93. The van der Waals surface area contributed by atoms with Gasteiger partial charge < -0.3 is 10.5 Å². The van der Waals surface area contributed by atoms with Crippen molar-refractivity contribution in [3.05, 3.63) is 83.4 Å². The van der Waals surface area contributed by atoms with Gasteiger partial charge in [-0.05, 0) is 42.0 Å². The van der Waals surface area contributed by atoms with E-state index in [2.05, 4.69) is 53.6 Å². The van der Waals surface area contributed by atoms with Gasteiger partial charge in [0.2, 0.25) is 5.90 Å². The maximum Gasteiger partial charge on any atom is 0.231 e. The van der Waals surface area contributed by atoms with Gasteiger partial charge in [0.15, 0.2) is 0 Å². The van der Waals surface area contributed by atoms with Gasteiger partial charge in [0.1, 0.15) is 17.9 Å². The maximum atomic E-state index is 6.50. The lowest BCUT2D eigenvalue weighted by molar-refractivity contribution is 0.253. The van der Waals surface area contributed by atoms with Crippen LogP contribution in [0.1, 0.15) is 48.0 Å². The van der Waals surface area contributed by atoms with Gasteiger partial charge in [0.25, 0.3) is 0 Å². The Balaban J connectivity index is 1.53. The highest BCUT2D eigenvalue weighted by atomic mass is 16.5. The summed E-state index contributed by atoms with van der Waals surface area (Å²) in [6.07, 6.45) is 7.18. The summed E-state index contributed by atoms with van der Waals surface area (Å²) in [5, 5.41) is 6.64. The van der Waals surface area contributed by atoms with Gasteiger partial charge >= 0.3 is 0 Å². The molecule has 3 aliphatic rings. The van der Waals surface area contributed by atoms with Crippen molar-refractivity contribution in [3.8, 4) is 0 Å². The van der Waals surface area contributed by atoms with Crippen molar-refractivity contribution in [2.24, 2.45) is 15.8 Å². The SMILES string of the molecule is COC1=NN2C(=NC(c3ccc(C4(N)CCC4)cc3)C2c2ccccc2)C=C1. The Kier molecular flexibility index (Phi) is 4.05. The number of fused-ring (bicyclic) bond motifs is 1. The lowest BCUT2D eigenvalue weighted by atomic mass is 9.72. The molecule has 0 bridgehead atoms. The molecule has 0 aromatic heterocycles. The molecule has 5 nitrogen and oxygen atoms in total. The second kappa shape index (κ2) is 6.60. The number of aliphatic imine (C=N–C) groups is 1. The van der Waals surface area contributed by atoms with Gasteiger partial charge in [-0.3, -0.25) is 4.99 Å². The lowest BCUT2D eigenvalue weighted by Gasteiger charge is -2.38. The first-order valence-electron chi connectivity index (χ1n) is 9.80. The fourth-order valence-electron chi connectivity index (χ4n) is 4.26. The highest BCUT2D eigenvalue weighted by Gasteiger charge is 2.40. The zero-order valence-corrected chi connectivity index (χ0v) is 16.0. The molecule has 2 aromatic carbocycles. The molecule has 1 aliphatic carbocycles. The van der Waals surface area contributed by atoms with Crippen LogP contribution in [0.2, 0.25) is 0 Å². The number of nitrogens with zero attached hydrogens (tertiary/aromatic N) is 3. The van der Waals surface area contributed by atoms with E-state index in [-0.39, 0.29) is 17.6 Å². The van der Waals surface area contributed by atoms with E-state index in [1.165, 1.54) is 23.1 Å². The zero-order valence-electron chi connectivity index (χ0n) is 16.0. The Labute approximate surface area is 165 Å². The van der Waals surface area contributed by atoms with Gasteiger partial charge in [-0.15, -0.1) is 5.10 Å². The number of amidine groups is 1. The third kappa shape index (κ3) is 2.74. The van der Waals surface area contributed by atoms with Crippen LogP contribution in [0.3, 0.4) is 0 Å². The molecule has 2 atom stereocenters. The summed E-state index contributed by atoms with van der Waals surface area (Å²) in [5.74, 6) is 1.45. The van der Waals surface area contributed by atoms with Crippen molar-refractivity contribution in [2.75, 3.05) is 7.11 Å². The number of ether oxygens (including phenoxy) is 1. The third-order valence-corrected chi connectivity index (χ3v) is 6.07. The van der Waals surface area contributed by atoms with E-state index in [1.807, 2.05) is 23.2 Å². The van der Waals surface area contributed by atoms with E-state index >= 15 is 0 Å². The second-order valence-corrected chi connectivity index (χ2v) is 7.74. The molecule has 2 aromatic rings. The molecule has 28 heavy (non-hydrogen) atoms. The van der Waals surface area contributed by atoms with Crippen molar-refractivity contribution >= 4 is 11.7 Å². The largest absolute Gasteiger partial charge is 0.480 e. The van der Waals surface area contributed by atoms with Gasteiger partial charge in [0, 0.05) is 11.6 Å². The van der Waals surface area contributed by atoms with E-state index in [1.54, 1.807) is 7.11 Å². The molecule has 2 N–H and O–H groups in total. The molecule has 2 heterocycles. The van der Waals surface area contributed by atoms with E-state index < -0.39 is 0 Å². The summed E-state index contributed by atoms with van der Waals surface area (Å²) in [6, 6.07) is 19.1. The number of hydrogen-bond acceptors (Lipinski definition) is 5. The normalized spacial score (nSPS) is 24.9. The van der Waals surface area contributed by atoms with Crippen molar-refractivity contribution in [1.29, 1.82) is 0 Å². The standard InChI is InChI=1S/C23H24N4O/c1-28-20-13-12-19-25-21(22(27(19)26-20)17-6-3-2-4-7-17)16-8-10-18(11-9-16)23(24)14-5-15-23/h2-4,6-13,21-22H,5,14-15,24H2,1H3. The average Bonchev–Trinajstić information content (AvgIpc) is 3.11. The van der Waals surface area contributed by atoms with E-state index in [9.17, 15) is 0 Å². The monoisotopic (exact) mass is 372 g/mol. The first kappa shape index (κ1) is 17.2. The van der Waals surface area contributed by atoms with Gasteiger partial charge in [-0.25, -0.2) is 5.01 Å². The van der Waals surface area contributed by atoms with Crippen LogP contribution in [0.4, 0.5) is 0 Å². The summed E-state index contributed by atoms with van der Waals surface area (Å²) in [4.78, 5) is 4.99. The summed E-state index contributed by atoms with van der Waals surface area (Å²) < 4.78 is 5.35. The van der Waals surface area contributed by atoms with Crippen LogP contribution >= 0.6 is 0 Å². The van der Waals surface area contributed by atoms with E-state index in [4.69, 9.17) is 15.5 Å². The predicted octanol–water partition coefficient (Wildman–Crippen LogP) is 4.05. The smallest absolute Gasteiger partial charge is 0.231 e. The van der Waals surface area contributed by atoms with Gasteiger partial charge in [-0.1, -0.05) is 54.6 Å². The fraction of sp³-hybridized carbons (Fsp3) is 0.304. The van der Waals surface area contributed by atoms with Crippen LogP contribution < -0.4 is 5.73 Å². The number of rotatable bonds is 3. The number of methoxy groups -OCH3 is 1. The highest BCUT2D eigenvalue weighted by molar-refractivity contribution is 6.04. The maximum absolute atomic E-state index is 6.50. The molecule has 2 aliphatic heterocycles. The van der Waals surface area contributed by atoms with Crippen molar-refractivity contribution < 1.29 is 4.74 Å². The molecule has 142 valence electrons. The molecule has 1 saturated carbocycles. The molecular formula is C23H24N4O. The Morgan fingerprint density at radius 3 is 2.39 bits per heavy atom. The fourth-order valence-corrected chi connectivity index (χ4v) is 4.26. The Hall–Kier alpha value is -2.92. The molecule has 0 spiro atoms. The molecule has 0 amide bonds. The Morgan fingerprint density at radius 1 is 1.00 bits per heavy atom. The van der Waals surface area contributed by atoms with E-state index in [0.717, 1.165) is 18.7 Å². The lowest BCUT2D eigenvalue weighted by Crippen LogP contribution is -2.43. The molecule has 0 saturated heterocycles. The minimum absolute atomic E-state index is 0.00677. The van der Waals surface area contributed by atoms with Crippen LogP contribution in [0, 0.1) is 0 Å². The van der Waals surface area contributed by atoms with Gasteiger partial charge in [0.05, 0.1) is 7.11 Å². The van der Waals surface area contributed by atoms with Crippen LogP contribution in [0.15, 0.2) is 76.8 Å². The first-order valence-corrected chi connectivity index (χ1v) is 9.80. The quantitative estimate of drug-likeness (QED) is 0.884. The third-order valence-electron chi connectivity index (χ3n) is 6.07. The van der Waals surface area contributed by atoms with Crippen molar-refractivity contribution in [2.45, 2.75) is 36.9 Å². The number of hydrazone groups is 1. The summed E-state index contributed by atoms with van der Waals surface area (Å²) >= 11 is 0. The highest BCUT2D eigenvalue weighted by Crippen LogP contribution is 2.44. The molecule has 5 heteroatoms. The van der Waals surface area contributed by atoms with E-state index in [0.29, 0.717) is 5.90 Å². The second-order valence-electron chi connectivity index (χ2n) is 7.74. The minimum Gasteiger partial charge on any atom is -0.480 e. The van der Waals surface area contributed by atoms with Crippen LogP contribution in [-0.2, 0) is 10.3 Å². The number of hydrogen-bond donors (Lipinski definition) is 1. The van der Waals surface area contributed by atoms with Crippen LogP contribution in [0.5, 0.6) is 0 Å². The van der Waals surface area contributed by atoms with Crippen molar-refractivity contribution in [3.63, 3.8) is 0 Å². The predicted molar refractivity (Wildman–Crippen MR) is 111 cm³/mol. The zero-order chi connectivity index (χ0) is 19.1. The Morgan fingerprint density at radius 2 is 1.75 bits per heavy atom.